The summed E-state index contributed by atoms with van der Waals surface area (Å²) in [7, 11) is 0. The SMILES string of the molecule is C=CC(=O)OCCOc1ccc(C(=O)Oc2ccc(-c3ccccc3)cc2)cc1. The maximum Gasteiger partial charge on any atom is 0.343 e. The molecule has 0 atom stereocenters. The van der Waals surface area contributed by atoms with Crippen LogP contribution >= 0.6 is 0 Å². The molecule has 3 rings (SSSR count). The summed E-state index contributed by atoms with van der Waals surface area (Å²) in [6.45, 7) is 3.64. The molecule has 146 valence electrons. The number of hydrogen-bond donors (Lipinski definition) is 0. The largest absolute Gasteiger partial charge is 0.490 e. The van der Waals surface area contributed by atoms with Gasteiger partial charge in [0.05, 0.1) is 5.56 Å². The number of carbonyl (C=O) groups excluding carboxylic acids is 2. The third-order valence-corrected chi connectivity index (χ3v) is 4.03. The molecule has 0 fully saturated rings. The first-order valence-corrected chi connectivity index (χ1v) is 9.05. The van der Waals surface area contributed by atoms with Crippen LogP contribution in [0.1, 0.15) is 10.4 Å². The fourth-order valence-electron chi connectivity index (χ4n) is 2.56. The topological polar surface area (TPSA) is 61.8 Å². The highest BCUT2D eigenvalue weighted by Gasteiger charge is 2.09. The fraction of sp³-hybridized carbons (Fsp3) is 0.0833. The van der Waals surface area contributed by atoms with Crippen LogP contribution in [0.25, 0.3) is 11.1 Å². The van der Waals surface area contributed by atoms with Crippen molar-refractivity contribution in [2.75, 3.05) is 13.2 Å². The van der Waals surface area contributed by atoms with Gasteiger partial charge in [0.2, 0.25) is 0 Å². The van der Waals surface area contributed by atoms with Crippen LogP contribution < -0.4 is 9.47 Å². The summed E-state index contributed by atoms with van der Waals surface area (Å²) in [5.74, 6) is 0.0786. The van der Waals surface area contributed by atoms with E-state index >= 15 is 0 Å². The average molecular weight is 388 g/mol. The van der Waals surface area contributed by atoms with Crippen LogP contribution in [-0.4, -0.2) is 25.2 Å². The van der Waals surface area contributed by atoms with E-state index in [1.165, 1.54) is 0 Å². The van der Waals surface area contributed by atoms with Crippen LogP contribution in [0, 0.1) is 0 Å². The van der Waals surface area contributed by atoms with Gasteiger partial charge < -0.3 is 14.2 Å². The third-order valence-electron chi connectivity index (χ3n) is 4.03. The van der Waals surface area contributed by atoms with Crippen molar-refractivity contribution in [2.45, 2.75) is 0 Å². The van der Waals surface area contributed by atoms with Crippen molar-refractivity contribution in [3.63, 3.8) is 0 Å². The smallest absolute Gasteiger partial charge is 0.343 e. The van der Waals surface area contributed by atoms with Crippen molar-refractivity contribution < 1.29 is 23.8 Å². The standard InChI is InChI=1S/C24H20O5/c1-2-23(25)28-17-16-27-21-12-10-20(11-13-21)24(26)29-22-14-8-19(9-15-22)18-6-4-3-5-7-18/h2-15H,1,16-17H2. The van der Waals surface area contributed by atoms with E-state index in [-0.39, 0.29) is 13.2 Å². The Morgan fingerprint density at radius 1 is 0.759 bits per heavy atom. The molecule has 3 aromatic carbocycles. The van der Waals surface area contributed by atoms with E-state index in [9.17, 15) is 9.59 Å². The molecule has 0 amide bonds. The van der Waals surface area contributed by atoms with Gasteiger partial charge in [-0.2, -0.15) is 0 Å². The molecule has 0 saturated heterocycles. The Morgan fingerprint density at radius 3 is 2.03 bits per heavy atom. The van der Waals surface area contributed by atoms with Gasteiger partial charge in [-0.15, -0.1) is 0 Å². The summed E-state index contributed by atoms with van der Waals surface area (Å²) < 4.78 is 15.7. The molecule has 29 heavy (non-hydrogen) atoms. The van der Waals surface area contributed by atoms with Gasteiger partial charge in [0.15, 0.2) is 0 Å². The van der Waals surface area contributed by atoms with Gasteiger partial charge >= 0.3 is 11.9 Å². The molecule has 0 aliphatic carbocycles. The van der Waals surface area contributed by atoms with Crippen LogP contribution in [-0.2, 0) is 9.53 Å². The lowest BCUT2D eigenvalue weighted by Crippen LogP contribution is -2.11. The number of ether oxygens (including phenoxy) is 3. The Morgan fingerprint density at radius 2 is 1.38 bits per heavy atom. The van der Waals surface area contributed by atoms with Crippen LogP contribution in [0.5, 0.6) is 11.5 Å². The predicted octanol–water partition coefficient (Wildman–Crippen LogP) is 4.68. The van der Waals surface area contributed by atoms with E-state index in [0.717, 1.165) is 17.2 Å². The van der Waals surface area contributed by atoms with Gasteiger partial charge in [-0.3, -0.25) is 0 Å². The van der Waals surface area contributed by atoms with Gasteiger partial charge in [0, 0.05) is 6.08 Å². The summed E-state index contributed by atoms with van der Waals surface area (Å²) in [5, 5.41) is 0. The van der Waals surface area contributed by atoms with E-state index in [2.05, 4.69) is 6.58 Å². The summed E-state index contributed by atoms with van der Waals surface area (Å²) in [6, 6.07) is 23.9. The molecule has 0 saturated carbocycles. The molecule has 0 N–H and O–H groups in total. The molecule has 0 unspecified atom stereocenters. The Balaban J connectivity index is 1.52. The minimum atomic E-state index is -0.497. The highest BCUT2D eigenvalue weighted by atomic mass is 16.6. The van der Waals surface area contributed by atoms with Gasteiger partial charge in [-0.1, -0.05) is 49.0 Å². The maximum atomic E-state index is 12.3. The van der Waals surface area contributed by atoms with Gasteiger partial charge in [0.25, 0.3) is 0 Å². The molecule has 0 heterocycles. The second-order valence-electron chi connectivity index (χ2n) is 6.02. The van der Waals surface area contributed by atoms with Gasteiger partial charge in [-0.05, 0) is 47.5 Å². The molecular weight excluding hydrogens is 368 g/mol. The van der Waals surface area contributed by atoms with Gasteiger partial charge in [-0.25, -0.2) is 9.59 Å². The maximum absolute atomic E-state index is 12.3. The summed E-state index contributed by atoms with van der Waals surface area (Å²) in [6.07, 6.45) is 1.09. The highest BCUT2D eigenvalue weighted by Crippen LogP contribution is 2.23. The van der Waals surface area contributed by atoms with Crippen LogP contribution in [0.3, 0.4) is 0 Å². The van der Waals surface area contributed by atoms with Crippen molar-refractivity contribution in [3.05, 3.63) is 97.1 Å². The summed E-state index contributed by atoms with van der Waals surface area (Å²) >= 11 is 0. The number of esters is 2. The lowest BCUT2D eigenvalue weighted by molar-refractivity contribution is -0.138. The molecule has 0 aliphatic rings. The van der Waals surface area contributed by atoms with Crippen molar-refractivity contribution in [3.8, 4) is 22.6 Å². The predicted molar refractivity (Wildman–Crippen MR) is 110 cm³/mol. The summed E-state index contributed by atoms with van der Waals surface area (Å²) in [5.41, 5.74) is 2.55. The highest BCUT2D eigenvalue weighted by molar-refractivity contribution is 5.91. The fourth-order valence-corrected chi connectivity index (χ4v) is 2.56. The molecule has 0 bridgehead atoms. The first-order valence-electron chi connectivity index (χ1n) is 9.05. The first kappa shape index (κ1) is 19.9. The molecule has 3 aromatic rings. The zero-order valence-electron chi connectivity index (χ0n) is 15.7. The monoisotopic (exact) mass is 388 g/mol. The third kappa shape index (κ3) is 5.81. The lowest BCUT2D eigenvalue weighted by atomic mass is 10.1. The lowest BCUT2D eigenvalue weighted by Gasteiger charge is -2.08. The van der Waals surface area contributed by atoms with E-state index < -0.39 is 11.9 Å². The summed E-state index contributed by atoms with van der Waals surface area (Å²) in [4.78, 5) is 23.3. The Hall–Kier alpha value is -3.86. The Bertz CT molecular complexity index is 960. The Labute approximate surface area is 169 Å². The minimum absolute atomic E-state index is 0.119. The Kier molecular flexibility index (Phi) is 6.79. The molecule has 0 aromatic heterocycles. The zero-order chi connectivity index (χ0) is 20.5. The second-order valence-corrected chi connectivity index (χ2v) is 6.02. The first-order chi connectivity index (χ1) is 14.2. The molecule has 5 nitrogen and oxygen atoms in total. The van der Waals surface area contributed by atoms with Crippen molar-refractivity contribution in [1.82, 2.24) is 0 Å². The van der Waals surface area contributed by atoms with E-state index in [1.807, 2.05) is 42.5 Å². The second kappa shape index (κ2) is 9.90. The number of rotatable bonds is 8. The minimum Gasteiger partial charge on any atom is -0.490 e. The van der Waals surface area contributed by atoms with Crippen LogP contribution in [0.15, 0.2) is 91.5 Å². The molecular formula is C24H20O5. The zero-order valence-corrected chi connectivity index (χ0v) is 15.7. The van der Waals surface area contributed by atoms with Crippen molar-refractivity contribution >= 4 is 11.9 Å². The average Bonchev–Trinajstić information content (AvgIpc) is 2.78. The van der Waals surface area contributed by atoms with E-state index in [1.54, 1.807) is 36.4 Å². The molecule has 0 spiro atoms. The van der Waals surface area contributed by atoms with Crippen molar-refractivity contribution in [2.24, 2.45) is 0 Å². The van der Waals surface area contributed by atoms with Gasteiger partial charge in [0.1, 0.15) is 24.7 Å². The van der Waals surface area contributed by atoms with E-state index in [0.29, 0.717) is 17.1 Å². The van der Waals surface area contributed by atoms with Crippen LogP contribution in [0.2, 0.25) is 0 Å². The molecule has 0 radical (unpaired) electrons. The van der Waals surface area contributed by atoms with Crippen LogP contribution in [0.4, 0.5) is 0 Å². The van der Waals surface area contributed by atoms with E-state index in [4.69, 9.17) is 14.2 Å². The quantitative estimate of drug-likeness (QED) is 0.243. The molecule has 0 aliphatic heterocycles. The number of hydrogen-bond acceptors (Lipinski definition) is 5. The number of benzene rings is 3. The van der Waals surface area contributed by atoms with Crippen molar-refractivity contribution in [1.29, 1.82) is 0 Å². The number of carbonyl (C=O) groups is 2. The normalized spacial score (nSPS) is 10.1. The molecule has 5 heteroatoms.